The second kappa shape index (κ2) is 3.19. The number of aromatic nitrogens is 1. The third-order valence-electron chi connectivity index (χ3n) is 1.55. The lowest BCUT2D eigenvalue weighted by Crippen LogP contribution is -1.93. The van der Waals surface area contributed by atoms with Gasteiger partial charge in [-0.25, -0.2) is 0 Å². The predicted molar refractivity (Wildman–Crippen MR) is 48.5 cm³/mol. The van der Waals surface area contributed by atoms with E-state index in [0.717, 1.165) is 16.8 Å². The fourth-order valence-corrected chi connectivity index (χ4v) is 0.953. The van der Waals surface area contributed by atoms with Crippen LogP contribution in [0, 0.1) is 0 Å². The van der Waals surface area contributed by atoms with Crippen LogP contribution in [0.1, 0.15) is 12.5 Å². The van der Waals surface area contributed by atoms with E-state index in [1.807, 2.05) is 26.2 Å². The van der Waals surface area contributed by atoms with Gasteiger partial charge in [0, 0.05) is 30.7 Å². The standard InChI is InChI=1S/C9H12N2/c1-7(2)8-6-11-5-4-9(8)10-3/h4-6H,1H2,2-3H3,(H,10,11). The van der Waals surface area contributed by atoms with E-state index >= 15 is 0 Å². The number of hydrogen-bond acceptors (Lipinski definition) is 2. The molecule has 1 aromatic rings. The molecule has 0 fully saturated rings. The Bertz CT molecular complexity index is 266. The summed E-state index contributed by atoms with van der Waals surface area (Å²) in [6.07, 6.45) is 3.58. The Labute approximate surface area is 67.0 Å². The molecule has 0 aromatic carbocycles. The highest BCUT2D eigenvalue weighted by atomic mass is 14.8. The summed E-state index contributed by atoms with van der Waals surface area (Å²) in [6, 6.07) is 1.93. The first-order valence-corrected chi connectivity index (χ1v) is 3.53. The van der Waals surface area contributed by atoms with Crippen molar-refractivity contribution in [3.63, 3.8) is 0 Å². The lowest BCUT2D eigenvalue weighted by atomic mass is 10.1. The van der Waals surface area contributed by atoms with Crippen LogP contribution in [-0.2, 0) is 0 Å². The van der Waals surface area contributed by atoms with Crippen molar-refractivity contribution in [3.05, 3.63) is 30.6 Å². The van der Waals surface area contributed by atoms with E-state index in [9.17, 15) is 0 Å². The van der Waals surface area contributed by atoms with Crippen molar-refractivity contribution >= 4 is 11.3 Å². The van der Waals surface area contributed by atoms with E-state index in [1.54, 1.807) is 6.20 Å². The molecule has 1 rings (SSSR count). The van der Waals surface area contributed by atoms with Crippen molar-refractivity contribution in [3.8, 4) is 0 Å². The maximum atomic E-state index is 4.01. The van der Waals surface area contributed by atoms with Crippen LogP contribution in [0.3, 0.4) is 0 Å². The van der Waals surface area contributed by atoms with Crippen LogP contribution < -0.4 is 5.32 Å². The Morgan fingerprint density at radius 3 is 2.82 bits per heavy atom. The molecule has 2 nitrogen and oxygen atoms in total. The molecule has 1 aromatic heterocycles. The average molecular weight is 148 g/mol. The molecule has 2 heteroatoms. The minimum absolute atomic E-state index is 1.03. The van der Waals surface area contributed by atoms with E-state index in [-0.39, 0.29) is 0 Å². The van der Waals surface area contributed by atoms with Crippen molar-refractivity contribution in [2.24, 2.45) is 0 Å². The van der Waals surface area contributed by atoms with Gasteiger partial charge in [-0.1, -0.05) is 6.58 Å². The molecule has 0 spiro atoms. The van der Waals surface area contributed by atoms with Crippen LogP contribution in [0.15, 0.2) is 25.0 Å². The van der Waals surface area contributed by atoms with E-state index in [2.05, 4.69) is 16.9 Å². The summed E-state index contributed by atoms with van der Waals surface area (Å²) in [5.74, 6) is 0. The normalized spacial score (nSPS) is 9.27. The smallest absolute Gasteiger partial charge is 0.0444 e. The number of allylic oxidation sites excluding steroid dienone is 1. The Kier molecular flexibility index (Phi) is 2.26. The summed E-state index contributed by atoms with van der Waals surface area (Å²) in [6.45, 7) is 5.82. The Balaban J connectivity index is 3.12. The summed E-state index contributed by atoms with van der Waals surface area (Å²) >= 11 is 0. The molecule has 58 valence electrons. The average Bonchev–Trinajstić information content (AvgIpc) is 2.04. The van der Waals surface area contributed by atoms with E-state index in [1.165, 1.54) is 0 Å². The lowest BCUT2D eigenvalue weighted by molar-refractivity contribution is 1.29. The molecule has 0 aliphatic rings. The summed E-state index contributed by atoms with van der Waals surface area (Å²) in [5.41, 5.74) is 3.19. The quantitative estimate of drug-likeness (QED) is 0.695. The van der Waals surface area contributed by atoms with Gasteiger partial charge in [-0.15, -0.1) is 0 Å². The Morgan fingerprint density at radius 2 is 2.36 bits per heavy atom. The Hall–Kier alpha value is -1.31. The number of anilines is 1. The fraction of sp³-hybridized carbons (Fsp3) is 0.222. The number of pyridine rings is 1. The van der Waals surface area contributed by atoms with Gasteiger partial charge in [0.15, 0.2) is 0 Å². The minimum Gasteiger partial charge on any atom is -0.388 e. The van der Waals surface area contributed by atoms with Gasteiger partial charge in [0.25, 0.3) is 0 Å². The number of hydrogen-bond donors (Lipinski definition) is 1. The van der Waals surface area contributed by atoms with Gasteiger partial charge in [0.2, 0.25) is 0 Å². The van der Waals surface area contributed by atoms with Crippen LogP contribution >= 0.6 is 0 Å². The third-order valence-corrected chi connectivity index (χ3v) is 1.55. The molecule has 0 atom stereocenters. The van der Waals surface area contributed by atoms with Crippen molar-refractivity contribution in [2.75, 3.05) is 12.4 Å². The van der Waals surface area contributed by atoms with Crippen molar-refractivity contribution in [1.82, 2.24) is 4.98 Å². The summed E-state index contributed by atoms with van der Waals surface area (Å²) < 4.78 is 0. The molecular weight excluding hydrogens is 136 g/mol. The molecule has 0 aliphatic heterocycles. The molecule has 11 heavy (non-hydrogen) atoms. The highest BCUT2D eigenvalue weighted by Gasteiger charge is 1.98. The maximum Gasteiger partial charge on any atom is 0.0444 e. The third kappa shape index (κ3) is 1.58. The molecule has 0 aliphatic carbocycles. The summed E-state index contributed by atoms with van der Waals surface area (Å²) in [4.78, 5) is 4.01. The van der Waals surface area contributed by atoms with Gasteiger partial charge in [-0.05, 0) is 18.6 Å². The maximum absolute atomic E-state index is 4.01. The topological polar surface area (TPSA) is 24.9 Å². The summed E-state index contributed by atoms with van der Waals surface area (Å²) in [7, 11) is 1.89. The zero-order chi connectivity index (χ0) is 8.27. The first kappa shape index (κ1) is 7.79. The first-order chi connectivity index (χ1) is 5.25. The SMILES string of the molecule is C=C(C)c1cnccc1NC. The van der Waals surface area contributed by atoms with E-state index in [0.29, 0.717) is 0 Å². The molecule has 0 unspecified atom stereocenters. The predicted octanol–water partition coefficient (Wildman–Crippen LogP) is 2.16. The molecule has 0 amide bonds. The molecule has 1 heterocycles. The van der Waals surface area contributed by atoms with Gasteiger partial charge >= 0.3 is 0 Å². The second-order valence-corrected chi connectivity index (χ2v) is 2.45. The minimum atomic E-state index is 1.03. The number of rotatable bonds is 2. The Morgan fingerprint density at radius 1 is 1.64 bits per heavy atom. The van der Waals surface area contributed by atoms with E-state index in [4.69, 9.17) is 0 Å². The zero-order valence-corrected chi connectivity index (χ0v) is 6.89. The molecule has 0 radical (unpaired) electrons. The highest BCUT2D eigenvalue weighted by molar-refractivity contribution is 5.72. The zero-order valence-electron chi connectivity index (χ0n) is 6.89. The lowest BCUT2D eigenvalue weighted by Gasteiger charge is -2.06. The monoisotopic (exact) mass is 148 g/mol. The fourth-order valence-electron chi connectivity index (χ4n) is 0.953. The van der Waals surface area contributed by atoms with Crippen LogP contribution in [0.25, 0.3) is 5.57 Å². The molecule has 1 N–H and O–H groups in total. The second-order valence-electron chi connectivity index (χ2n) is 2.45. The molecular formula is C9H12N2. The molecule has 0 saturated carbocycles. The largest absolute Gasteiger partial charge is 0.388 e. The van der Waals surface area contributed by atoms with Crippen LogP contribution in [0.5, 0.6) is 0 Å². The summed E-state index contributed by atoms with van der Waals surface area (Å²) in [5, 5.41) is 3.08. The highest BCUT2D eigenvalue weighted by Crippen LogP contribution is 2.19. The van der Waals surface area contributed by atoms with Crippen molar-refractivity contribution in [1.29, 1.82) is 0 Å². The van der Waals surface area contributed by atoms with Crippen molar-refractivity contribution < 1.29 is 0 Å². The number of nitrogens with zero attached hydrogens (tertiary/aromatic N) is 1. The van der Waals surface area contributed by atoms with Crippen LogP contribution in [0.2, 0.25) is 0 Å². The molecule has 0 bridgehead atoms. The van der Waals surface area contributed by atoms with Crippen LogP contribution in [0.4, 0.5) is 5.69 Å². The van der Waals surface area contributed by atoms with Gasteiger partial charge in [0.1, 0.15) is 0 Å². The first-order valence-electron chi connectivity index (χ1n) is 3.53. The van der Waals surface area contributed by atoms with Crippen molar-refractivity contribution in [2.45, 2.75) is 6.92 Å². The van der Waals surface area contributed by atoms with Gasteiger partial charge in [-0.3, -0.25) is 4.98 Å². The van der Waals surface area contributed by atoms with E-state index < -0.39 is 0 Å². The van der Waals surface area contributed by atoms with Gasteiger partial charge in [-0.2, -0.15) is 0 Å². The number of nitrogens with one attached hydrogen (secondary N) is 1. The van der Waals surface area contributed by atoms with Crippen LogP contribution in [-0.4, -0.2) is 12.0 Å². The van der Waals surface area contributed by atoms with Gasteiger partial charge in [0.05, 0.1) is 0 Å². The molecule has 0 saturated heterocycles. The van der Waals surface area contributed by atoms with Gasteiger partial charge < -0.3 is 5.32 Å².